The number of anilines is 2. The Morgan fingerprint density at radius 1 is 1.21 bits per heavy atom. The SMILES string of the molecule is CC(C)C1CN(c2nccc(Cl)n2)CCN1C(=O)Nc1ccc2c(c1)CCC2. The Balaban J connectivity index is 1.47. The van der Waals surface area contributed by atoms with E-state index in [0.29, 0.717) is 36.7 Å². The third-order valence-electron chi connectivity index (χ3n) is 5.69. The molecule has 1 atom stereocenters. The fraction of sp³-hybridized carbons (Fsp3) is 0.476. The number of aryl methyl sites for hydroxylation is 2. The van der Waals surface area contributed by atoms with Gasteiger partial charge in [-0.3, -0.25) is 0 Å². The van der Waals surface area contributed by atoms with E-state index in [9.17, 15) is 4.79 Å². The Hall–Kier alpha value is -2.34. The van der Waals surface area contributed by atoms with Crippen molar-refractivity contribution in [1.82, 2.24) is 14.9 Å². The number of amides is 2. The lowest BCUT2D eigenvalue weighted by molar-refractivity contribution is 0.156. The van der Waals surface area contributed by atoms with Gasteiger partial charge in [-0.1, -0.05) is 31.5 Å². The zero-order valence-corrected chi connectivity index (χ0v) is 17.1. The molecule has 1 aliphatic carbocycles. The lowest BCUT2D eigenvalue weighted by Gasteiger charge is -2.43. The molecule has 1 aromatic heterocycles. The maximum absolute atomic E-state index is 13.0. The van der Waals surface area contributed by atoms with Gasteiger partial charge in [0, 0.05) is 31.5 Å². The Morgan fingerprint density at radius 3 is 2.82 bits per heavy atom. The molecule has 6 nitrogen and oxygen atoms in total. The Kier molecular flexibility index (Phi) is 5.40. The van der Waals surface area contributed by atoms with Crippen molar-refractivity contribution in [3.05, 3.63) is 46.7 Å². The molecular weight excluding hydrogens is 374 g/mol. The first-order chi connectivity index (χ1) is 13.5. The number of urea groups is 1. The van der Waals surface area contributed by atoms with Crippen LogP contribution in [0.2, 0.25) is 5.15 Å². The van der Waals surface area contributed by atoms with Crippen molar-refractivity contribution in [1.29, 1.82) is 0 Å². The molecule has 1 aromatic carbocycles. The van der Waals surface area contributed by atoms with Gasteiger partial charge in [0.05, 0.1) is 6.04 Å². The topological polar surface area (TPSA) is 61.4 Å². The van der Waals surface area contributed by atoms with Gasteiger partial charge in [-0.2, -0.15) is 0 Å². The molecule has 0 spiro atoms. The van der Waals surface area contributed by atoms with E-state index >= 15 is 0 Å². The summed E-state index contributed by atoms with van der Waals surface area (Å²) >= 11 is 6.02. The van der Waals surface area contributed by atoms with E-state index < -0.39 is 0 Å². The first-order valence-corrected chi connectivity index (χ1v) is 10.3. The second kappa shape index (κ2) is 7.95. The molecule has 0 bridgehead atoms. The number of carbonyl (C=O) groups excluding carboxylic acids is 1. The first-order valence-electron chi connectivity index (χ1n) is 9.94. The normalized spacial score (nSPS) is 19.1. The quantitative estimate of drug-likeness (QED) is 0.792. The Bertz CT molecular complexity index is 872. The number of hydrogen-bond donors (Lipinski definition) is 1. The standard InChI is InChI=1S/C21H26ClN5O/c1-14(2)18-13-26(20-23-9-8-19(22)25-20)10-11-27(18)21(28)24-17-7-6-15-4-3-5-16(15)12-17/h6-9,12,14,18H,3-5,10-11,13H2,1-2H3,(H,24,28). The summed E-state index contributed by atoms with van der Waals surface area (Å²) in [6.07, 6.45) is 5.12. The number of aromatic nitrogens is 2. The zero-order valence-electron chi connectivity index (χ0n) is 16.4. The van der Waals surface area contributed by atoms with Crippen molar-refractivity contribution in [3.63, 3.8) is 0 Å². The van der Waals surface area contributed by atoms with Gasteiger partial charge in [-0.15, -0.1) is 0 Å². The predicted octanol–water partition coefficient (Wildman–Crippen LogP) is 4.00. The maximum atomic E-state index is 13.0. The number of hydrogen-bond acceptors (Lipinski definition) is 4. The van der Waals surface area contributed by atoms with Gasteiger partial charge in [0.15, 0.2) is 0 Å². The molecule has 148 valence electrons. The van der Waals surface area contributed by atoms with E-state index in [4.69, 9.17) is 11.6 Å². The average molecular weight is 400 g/mol. The summed E-state index contributed by atoms with van der Waals surface area (Å²) < 4.78 is 0. The number of rotatable bonds is 3. The van der Waals surface area contributed by atoms with Crippen molar-refractivity contribution in [3.8, 4) is 0 Å². The predicted molar refractivity (Wildman–Crippen MR) is 112 cm³/mol. The fourth-order valence-corrected chi connectivity index (χ4v) is 4.27. The molecule has 1 saturated heterocycles. The second-order valence-corrected chi connectivity index (χ2v) is 8.28. The van der Waals surface area contributed by atoms with Crippen LogP contribution >= 0.6 is 11.6 Å². The van der Waals surface area contributed by atoms with Crippen LogP contribution in [-0.4, -0.2) is 46.6 Å². The Morgan fingerprint density at radius 2 is 2.04 bits per heavy atom. The van der Waals surface area contributed by atoms with Crippen LogP contribution in [0, 0.1) is 5.92 Å². The number of halogens is 1. The van der Waals surface area contributed by atoms with E-state index in [1.807, 2.05) is 11.0 Å². The summed E-state index contributed by atoms with van der Waals surface area (Å²) in [5, 5.41) is 3.54. The van der Waals surface area contributed by atoms with Crippen LogP contribution in [0.25, 0.3) is 0 Å². The molecule has 4 rings (SSSR count). The van der Waals surface area contributed by atoms with Crippen molar-refractivity contribution in [2.24, 2.45) is 5.92 Å². The van der Waals surface area contributed by atoms with Crippen LogP contribution < -0.4 is 10.2 Å². The van der Waals surface area contributed by atoms with Gasteiger partial charge >= 0.3 is 6.03 Å². The van der Waals surface area contributed by atoms with E-state index in [0.717, 1.165) is 18.5 Å². The van der Waals surface area contributed by atoms with Gasteiger partial charge < -0.3 is 15.1 Å². The van der Waals surface area contributed by atoms with Crippen LogP contribution in [0.5, 0.6) is 0 Å². The third kappa shape index (κ3) is 3.92. The third-order valence-corrected chi connectivity index (χ3v) is 5.90. The molecule has 1 N–H and O–H groups in total. The smallest absolute Gasteiger partial charge is 0.322 e. The lowest BCUT2D eigenvalue weighted by atomic mass is 10.00. The fourth-order valence-electron chi connectivity index (χ4n) is 4.14. The van der Waals surface area contributed by atoms with E-state index in [2.05, 4.69) is 46.2 Å². The minimum absolute atomic E-state index is 0.0386. The molecule has 1 unspecified atom stereocenters. The Labute approximate surface area is 170 Å². The van der Waals surface area contributed by atoms with Crippen molar-refractivity contribution in [2.75, 3.05) is 29.9 Å². The van der Waals surface area contributed by atoms with Crippen LogP contribution in [0.4, 0.5) is 16.4 Å². The molecule has 28 heavy (non-hydrogen) atoms. The molecular formula is C21H26ClN5O. The minimum atomic E-state index is -0.0386. The minimum Gasteiger partial charge on any atom is -0.337 e. The summed E-state index contributed by atoms with van der Waals surface area (Å²) in [5.41, 5.74) is 3.66. The molecule has 7 heteroatoms. The van der Waals surface area contributed by atoms with Crippen LogP contribution in [0.15, 0.2) is 30.5 Å². The highest BCUT2D eigenvalue weighted by molar-refractivity contribution is 6.29. The molecule has 1 fully saturated rings. The summed E-state index contributed by atoms with van der Waals surface area (Å²) in [7, 11) is 0. The summed E-state index contributed by atoms with van der Waals surface area (Å²) in [4.78, 5) is 25.7. The number of nitrogens with one attached hydrogen (secondary N) is 1. The van der Waals surface area contributed by atoms with Crippen LogP contribution in [0.1, 0.15) is 31.4 Å². The molecule has 2 amide bonds. The van der Waals surface area contributed by atoms with Crippen molar-refractivity contribution in [2.45, 2.75) is 39.2 Å². The molecule has 2 aliphatic rings. The highest BCUT2D eigenvalue weighted by Crippen LogP contribution is 2.26. The average Bonchev–Trinajstić information content (AvgIpc) is 3.15. The van der Waals surface area contributed by atoms with Gasteiger partial charge in [-0.25, -0.2) is 14.8 Å². The largest absolute Gasteiger partial charge is 0.337 e. The second-order valence-electron chi connectivity index (χ2n) is 7.90. The van der Waals surface area contributed by atoms with Gasteiger partial charge in [0.1, 0.15) is 5.15 Å². The summed E-state index contributed by atoms with van der Waals surface area (Å²) in [6.45, 7) is 6.28. The highest BCUT2D eigenvalue weighted by Gasteiger charge is 2.33. The van der Waals surface area contributed by atoms with E-state index in [1.165, 1.54) is 17.5 Å². The van der Waals surface area contributed by atoms with Crippen LogP contribution in [-0.2, 0) is 12.8 Å². The van der Waals surface area contributed by atoms with E-state index in [1.54, 1.807) is 12.3 Å². The van der Waals surface area contributed by atoms with Crippen molar-refractivity contribution < 1.29 is 4.79 Å². The monoisotopic (exact) mass is 399 g/mol. The first kappa shape index (κ1) is 19.0. The molecule has 0 saturated carbocycles. The summed E-state index contributed by atoms with van der Waals surface area (Å²) in [6, 6.07) is 8.00. The summed E-state index contributed by atoms with van der Waals surface area (Å²) in [5.74, 6) is 0.935. The maximum Gasteiger partial charge on any atom is 0.322 e. The molecule has 1 aliphatic heterocycles. The highest BCUT2D eigenvalue weighted by atomic mass is 35.5. The zero-order chi connectivity index (χ0) is 19.7. The van der Waals surface area contributed by atoms with E-state index in [-0.39, 0.29) is 12.1 Å². The number of nitrogens with zero attached hydrogens (tertiary/aromatic N) is 4. The molecule has 2 aromatic rings. The number of fused-ring (bicyclic) bond motifs is 1. The van der Waals surface area contributed by atoms with Gasteiger partial charge in [0.2, 0.25) is 5.95 Å². The molecule has 0 radical (unpaired) electrons. The molecule has 2 heterocycles. The van der Waals surface area contributed by atoms with Crippen LogP contribution in [0.3, 0.4) is 0 Å². The number of carbonyl (C=O) groups is 1. The lowest BCUT2D eigenvalue weighted by Crippen LogP contribution is -2.58. The van der Waals surface area contributed by atoms with Gasteiger partial charge in [-0.05, 0) is 54.5 Å². The van der Waals surface area contributed by atoms with Gasteiger partial charge in [0.25, 0.3) is 0 Å². The van der Waals surface area contributed by atoms with Crippen molar-refractivity contribution >= 4 is 29.3 Å². The number of piperazine rings is 1. The number of benzene rings is 1.